The van der Waals surface area contributed by atoms with Gasteiger partial charge >= 0.3 is 0 Å². The Labute approximate surface area is 149 Å². The minimum atomic E-state index is 0.617. The molecule has 128 valence electrons. The van der Waals surface area contributed by atoms with Gasteiger partial charge in [-0.2, -0.15) is 0 Å². The van der Waals surface area contributed by atoms with E-state index in [1.54, 1.807) is 0 Å². The van der Waals surface area contributed by atoms with Gasteiger partial charge in [0.1, 0.15) is 5.82 Å². The maximum atomic E-state index is 4.96. The fraction of sp³-hybridized carbons (Fsp3) is 0.318. The van der Waals surface area contributed by atoms with Crippen molar-refractivity contribution in [2.45, 2.75) is 19.9 Å². The van der Waals surface area contributed by atoms with Crippen LogP contribution in [0.2, 0.25) is 0 Å². The highest BCUT2D eigenvalue weighted by Crippen LogP contribution is 2.31. The summed E-state index contributed by atoms with van der Waals surface area (Å²) in [4.78, 5) is 9.93. The number of nitrogens with zero attached hydrogens (tertiary/aromatic N) is 3. The highest BCUT2D eigenvalue weighted by Gasteiger charge is 2.20. The van der Waals surface area contributed by atoms with Crippen LogP contribution in [0.25, 0.3) is 22.0 Å². The molecule has 2 aromatic carbocycles. The van der Waals surface area contributed by atoms with Gasteiger partial charge in [0.05, 0.1) is 5.52 Å². The molecule has 0 bridgehead atoms. The van der Waals surface area contributed by atoms with Crippen LogP contribution in [0.1, 0.15) is 13.8 Å². The molecule has 1 aliphatic rings. The minimum absolute atomic E-state index is 0.617. The Kier molecular flexibility index (Phi) is 4.41. The van der Waals surface area contributed by atoms with Gasteiger partial charge in [0, 0.05) is 37.6 Å². The van der Waals surface area contributed by atoms with Gasteiger partial charge in [-0.15, -0.1) is 0 Å². The molecule has 1 fully saturated rings. The Bertz CT molecular complexity index is 850. The van der Waals surface area contributed by atoms with Crippen LogP contribution in [0.5, 0.6) is 0 Å². The van der Waals surface area contributed by atoms with Gasteiger partial charge in [-0.1, -0.05) is 48.5 Å². The van der Waals surface area contributed by atoms with Crippen LogP contribution in [-0.4, -0.2) is 42.1 Å². The number of piperazine rings is 1. The lowest BCUT2D eigenvalue weighted by Crippen LogP contribution is -2.49. The van der Waals surface area contributed by atoms with Crippen molar-refractivity contribution in [2.24, 2.45) is 0 Å². The van der Waals surface area contributed by atoms with Crippen molar-refractivity contribution in [2.75, 3.05) is 31.1 Å². The first kappa shape index (κ1) is 16.1. The Morgan fingerprint density at radius 1 is 0.840 bits per heavy atom. The number of hydrogen-bond donors (Lipinski definition) is 0. The molecule has 3 aromatic rings. The number of aromatic nitrogens is 1. The number of pyridine rings is 1. The third-order valence-electron chi connectivity index (χ3n) is 5.16. The van der Waals surface area contributed by atoms with E-state index >= 15 is 0 Å². The lowest BCUT2D eigenvalue weighted by Gasteiger charge is -2.37. The van der Waals surface area contributed by atoms with Crippen molar-refractivity contribution in [3.05, 3.63) is 60.7 Å². The van der Waals surface area contributed by atoms with E-state index < -0.39 is 0 Å². The van der Waals surface area contributed by atoms with Crippen LogP contribution in [0.3, 0.4) is 0 Å². The molecule has 0 atom stereocenters. The van der Waals surface area contributed by atoms with Crippen LogP contribution in [0, 0.1) is 0 Å². The molecule has 25 heavy (non-hydrogen) atoms. The number of rotatable bonds is 3. The Balaban J connectivity index is 1.74. The monoisotopic (exact) mass is 331 g/mol. The Morgan fingerprint density at radius 2 is 1.52 bits per heavy atom. The van der Waals surface area contributed by atoms with Gasteiger partial charge in [-0.25, -0.2) is 4.98 Å². The molecule has 3 heteroatoms. The van der Waals surface area contributed by atoms with Crippen LogP contribution in [0.4, 0.5) is 5.82 Å². The third kappa shape index (κ3) is 3.24. The largest absolute Gasteiger partial charge is 0.354 e. The molecule has 0 saturated carbocycles. The average Bonchev–Trinajstić information content (AvgIpc) is 2.68. The third-order valence-corrected chi connectivity index (χ3v) is 5.16. The first-order valence-corrected chi connectivity index (χ1v) is 9.16. The van der Waals surface area contributed by atoms with Crippen LogP contribution in [0.15, 0.2) is 60.7 Å². The highest BCUT2D eigenvalue weighted by molar-refractivity contribution is 5.96. The van der Waals surface area contributed by atoms with Crippen LogP contribution in [-0.2, 0) is 0 Å². The molecule has 0 spiro atoms. The van der Waals surface area contributed by atoms with Crippen LogP contribution < -0.4 is 4.90 Å². The van der Waals surface area contributed by atoms with Crippen molar-refractivity contribution in [3.8, 4) is 11.1 Å². The zero-order valence-electron chi connectivity index (χ0n) is 15.0. The SMILES string of the molecule is CC(C)N1CCN(c2cc(-c3ccccc3)c3ccccc3n2)CC1. The highest BCUT2D eigenvalue weighted by atomic mass is 15.3. The maximum absolute atomic E-state index is 4.96. The van der Waals surface area contributed by atoms with Crippen molar-refractivity contribution < 1.29 is 0 Å². The summed E-state index contributed by atoms with van der Waals surface area (Å²) in [5.74, 6) is 1.10. The fourth-order valence-electron chi connectivity index (χ4n) is 3.65. The van der Waals surface area contributed by atoms with E-state index in [1.807, 2.05) is 0 Å². The van der Waals surface area contributed by atoms with Gasteiger partial charge in [-0.05, 0) is 37.1 Å². The molecule has 0 N–H and O–H groups in total. The molecule has 0 aliphatic carbocycles. The first-order chi connectivity index (χ1) is 12.2. The summed E-state index contributed by atoms with van der Waals surface area (Å²) in [6, 6.07) is 22.0. The van der Waals surface area contributed by atoms with E-state index in [-0.39, 0.29) is 0 Å². The Hall–Kier alpha value is -2.39. The van der Waals surface area contributed by atoms with E-state index in [9.17, 15) is 0 Å². The molecule has 3 nitrogen and oxygen atoms in total. The summed E-state index contributed by atoms with van der Waals surface area (Å²) in [5.41, 5.74) is 3.60. The molecule has 1 saturated heterocycles. The average molecular weight is 331 g/mol. The second-order valence-electron chi connectivity index (χ2n) is 7.03. The normalized spacial score (nSPS) is 15.9. The first-order valence-electron chi connectivity index (χ1n) is 9.16. The lowest BCUT2D eigenvalue weighted by atomic mass is 10.0. The quantitative estimate of drug-likeness (QED) is 0.708. The molecule has 2 heterocycles. The summed E-state index contributed by atoms with van der Waals surface area (Å²) >= 11 is 0. The molecule has 0 amide bonds. The number of benzene rings is 2. The smallest absolute Gasteiger partial charge is 0.129 e. The van der Waals surface area contributed by atoms with E-state index in [2.05, 4.69) is 84.3 Å². The topological polar surface area (TPSA) is 19.4 Å². The van der Waals surface area contributed by atoms with Gasteiger partial charge in [0.2, 0.25) is 0 Å². The summed E-state index contributed by atoms with van der Waals surface area (Å²) in [6.07, 6.45) is 0. The van der Waals surface area contributed by atoms with Gasteiger partial charge in [0.25, 0.3) is 0 Å². The van der Waals surface area contributed by atoms with Crippen molar-refractivity contribution in [3.63, 3.8) is 0 Å². The van der Waals surface area contributed by atoms with Gasteiger partial charge < -0.3 is 4.90 Å². The molecular formula is C22H25N3. The van der Waals surface area contributed by atoms with E-state index in [4.69, 9.17) is 4.98 Å². The van der Waals surface area contributed by atoms with Crippen molar-refractivity contribution in [1.29, 1.82) is 0 Å². The minimum Gasteiger partial charge on any atom is -0.354 e. The zero-order chi connectivity index (χ0) is 17.2. The second-order valence-corrected chi connectivity index (χ2v) is 7.03. The second kappa shape index (κ2) is 6.85. The molecule has 1 aliphatic heterocycles. The van der Waals surface area contributed by atoms with Crippen LogP contribution >= 0.6 is 0 Å². The molecule has 4 rings (SSSR count). The number of hydrogen-bond acceptors (Lipinski definition) is 3. The van der Waals surface area contributed by atoms with E-state index in [1.165, 1.54) is 16.5 Å². The predicted octanol–water partition coefficient (Wildman–Crippen LogP) is 4.43. The van der Waals surface area contributed by atoms with E-state index in [0.29, 0.717) is 6.04 Å². The summed E-state index contributed by atoms with van der Waals surface area (Å²) in [6.45, 7) is 8.84. The molecule has 1 aromatic heterocycles. The predicted molar refractivity (Wildman–Crippen MR) is 106 cm³/mol. The standard InChI is InChI=1S/C22H25N3/c1-17(2)24-12-14-25(15-13-24)22-16-20(18-8-4-3-5-9-18)19-10-6-7-11-21(19)23-22/h3-11,16-17H,12-15H2,1-2H3. The lowest BCUT2D eigenvalue weighted by molar-refractivity contribution is 0.209. The Morgan fingerprint density at radius 3 is 2.24 bits per heavy atom. The van der Waals surface area contributed by atoms with Gasteiger partial charge in [-0.3, -0.25) is 4.90 Å². The van der Waals surface area contributed by atoms with Crippen molar-refractivity contribution >= 4 is 16.7 Å². The number of anilines is 1. The van der Waals surface area contributed by atoms with E-state index in [0.717, 1.165) is 37.5 Å². The van der Waals surface area contributed by atoms with Gasteiger partial charge in [0.15, 0.2) is 0 Å². The summed E-state index contributed by atoms with van der Waals surface area (Å²) in [5, 5.41) is 1.22. The zero-order valence-corrected chi connectivity index (χ0v) is 15.0. The van der Waals surface area contributed by atoms with Crippen molar-refractivity contribution in [1.82, 2.24) is 9.88 Å². The summed E-state index contributed by atoms with van der Waals surface area (Å²) < 4.78 is 0. The summed E-state index contributed by atoms with van der Waals surface area (Å²) in [7, 11) is 0. The fourth-order valence-corrected chi connectivity index (χ4v) is 3.65. The maximum Gasteiger partial charge on any atom is 0.129 e. The molecular weight excluding hydrogens is 306 g/mol. The molecule has 0 unspecified atom stereocenters. The number of fused-ring (bicyclic) bond motifs is 1. The molecule has 0 radical (unpaired) electrons. The number of para-hydroxylation sites is 1.